The number of nitrogens with zero attached hydrogens (tertiary/aromatic N) is 1. The minimum atomic E-state index is -4.76. The topological polar surface area (TPSA) is 84.0 Å². The van der Waals surface area contributed by atoms with E-state index in [0.717, 1.165) is 5.56 Å². The van der Waals surface area contributed by atoms with Gasteiger partial charge in [-0.25, -0.2) is 9.79 Å². The van der Waals surface area contributed by atoms with Crippen molar-refractivity contribution in [2.75, 3.05) is 19.0 Å². The molecule has 0 aromatic heterocycles. The van der Waals surface area contributed by atoms with Crippen LogP contribution in [-0.2, 0) is 17.8 Å². The van der Waals surface area contributed by atoms with Gasteiger partial charge in [0.05, 0.1) is 13.7 Å². The van der Waals surface area contributed by atoms with Gasteiger partial charge < -0.3 is 20.1 Å². The first-order valence-electron chi connectivity index (χ1n) is 9.10. The third-order valence-electron chi connectivity index (χ3n) is 3.79. The molecule has 170 valence electrons. The summed E-state index contributed by atoms with van der Waals surface area (Å²) in [7, 11) is 1.28. The molecule has 0 aliphatic rings. The quantitative estimate of drug-likeness (QED) is 0.265. The number of ether oxygens (including phenoxy) is 2. The van der Waals surface area contributed by atoms with Crippen LogP contribution in [0.2, 0.25) is 0 Å². The molecule has 0 aliphatic heterocycles. The first kappa shape index (κ1) is 26.3. The SMILES string of the molecule is CCNC(=NCc1ccc(NC(=O)OC)cc1)NCc1ccccc1OC(F)(F)F.I. The minimum Gasteiger partial charge on any atom is -0.453 e. The Bertz CT molecular complexity index is 861. The van der Waals surface area contributed by atoms with Gasteiger partial charge in [0.1, 0.15) is 5.75 Å². The number of nitrogens with one attached hydrogen (secondary N) is 3. The highest BCUT2D eigenvalue weighted by molar-refractivity contribution is 14.0. The van der Waals surface area contributed by atoms with Crippen molar-refractivity contribution < 1.29 is 27.4 Å². The third kappa shape index (κ3) is 9.77. The summed E-state index contributed by atoms with van der Waals surface area (Å²) in [6.07, 6.45) is -5.32. The number of hydrogen-bond acceptors (Lipinski definition) is 4. The van der Waals surface area contributed by atoms with Crippen LogP contribution in [0.15, 0.2) is 53.5 Å². The molecule has 1 amide bonds. The van der Waals surface area contributed by atoms with E-state index >= 15 is 0 Å². The molecule has 0 aliphatic carbocycles. The zero-order valence-electron chi connectivity index (χ0n) is 17.0. The van der Waals surface area contributed by atoms with E-state index in [0.29, 0.717) is 30.3 Å². The molecule has 2 rings (SSSR count). The van der Waals surface area contributed by atoms with Gasteiger partial charge in [0.25, 0.3) is 0 Å². The van der Waals surface area contributed by atoms with Crippen LogP contribution >= 0.6 is 24.0 Å². The molecule has 3 N–H and O–H groups in total. The fourth-order valence-corrected chi connectivity index (χ4v) is 2.43. The van der Waals surface area contributed by atoms with Gasteiger partial charge in [-0.05, 0) is 30.7 Å². The van der Waals surface area contributed by atoms with Crippen LogP contribution in [0.1, 0.15) is 18.1 Å². The summed E-state index contributed by atoms with van der Waals surface area (Å²) in [4.78, 5) is 15.6. The molecule has 0 radical (unpaired) electrons. The predicted molar refractivity (Wildman–Crippen MR) is 123 cm³/mol. The molecule has 0 saturated heterocycles. The van der Waals surface area contributed by atoms with Crippen molar-refractivity contribution in [1.29, 1.82) is 0 Å². The van der Waals surface area contributed by atoms with Crippen LogP contribution in [0.3, 0.4) is 0 Å². The molecule has 0 fully saturated rings. The van der Waals surface area contributed by atoms with Gasteiger partial charge in [-0.2, -0.15) is 0 Å². The number of anilines is 1. The number of guanidine groups is 1. The maximum Gasteiger partial charge on any atom is 0.573 e. The molecule has 0 bridgehead atoms. The van der Waals surface area contributed by atoms with Gasteiger partial charge >= 0.3 is 12.5 Å². The lowest BCUT2D eigenvalue weighted by Crippen LogP contribution is -2.37. The van der Waals surface area contributed by atoms with E-state index in [-0.39, 0.29) is 36.3 Å². The van der Waals surface area contributed by atoms with Gasteiger partial charge in [-0.1, -0.05) is 30.3 Å². The number of aliphatic imine (C=N–C) groups is 1. The number of hydrogen-bond donors (Lipinski definition) is 3. The van der Waals surface area contributed by atoms with E-state index in [1.54, 1.807) is 36.4 Å². The average Bonchev–Trinajstić information content (AvgIpc) is 2.71. The smallest absolute Gasteiger partial charge is 0.453 e. The molecule has 2 aromatic rings. The van der Waals surface area contributed by atoms with Crippen molar-refractivity contribution in [3.8, 4) is 5.75 Å². The number of alkyl halides is 3. The molecule has 0 saturated carbocycles. The zero-order valence-corrected chi connectivity index (χ0v) is 19.3. The lowest BCUT2D eigenvalue weighted by atomic mass is 10.2. The Morgan fingerprint density at radius 2 is 1.74 bits per heavy atom. The van der Waals surface area contributed by atoms with Crippen LogP contribution in [0.5, 0.6) is 5.75 Å². The second-order valence-electron chi connectivity index (χ2n) is 6.02. The summed E-state index contributed by atoms with van der Waals surface area (Å²) >= 11 is 0. The molecule has 2 aromatic carbocycles. The van der Waals surface area contributed by atoms with E-state index < -0.39 is 12.5 Å². The molecule has 0 heterocycles. The standard InChI is InChI=1S/C20H23F3N4O3.HI/c1-3-24-18(25-12-14-8-10-16(11-9-14)27-19(28)29-2)26-13-15-6-4-5-7-17(15)30-20(21,22)23;/h4-11H,3,12-13H2,1-2H3,(H,27,28)(H2,24,25,26);1H. The Kier molecular flexibility index (Phi) is 10.9. The van der Waals surface area contributed by atoms with Crippen molar-refractivity contribution in [1.82, 2.24) is 10.6 Å². The first-order valence-corrected chi connectivity index (χ1v) is 9.10. The third-order valence-corrected chi connectivity index (χ3v) is 3.79. The van der Waals surface area contributed by atoms with Crippen molar-refractivity contribution in [3.63, 3.8) is 0 Å². The predicted octanol–water partition coefficient (Wildman–Crippen LogP) is 4.64. The number of carbonyl (C=O) groups excluding carboxylic acids is 1. The van der Waals surface area contributed by atoms with Gasteiger partial charge in [0.15, 0.2) is 5.96 Å². The molecule has 0 spiro atoms. The number of carbonyl (C=O) groups is 1. The van der Waals surface area contributed by atoms with E-state index in [1.165, 1.54) is 19.2 Å². The largest absolute Gasteiger partial charge is 0.573 e. The highest BCUT2D eigenvalue weighted by Crippen LogP contribution is 2.26. The number of halogens is 4. The van der Waals surface area contributed by atoms with Crippen LogP contribution in [0.4, 0.5) is 23.7 Å². The first-order chi connectivity index (χ1) is 14.3. The zero-order chi connectivity index (χ0) is 22.0. The second-order valence-corrected chi connectivity index (χ2v) is 6.02. The molecule has 7 nitrogen and oxygen atoms in total. The van der Waals surface area contributed by atoms with E-state index in [4.69, 9.17) is 0 Å². The van der Waals surface area contributed by atoms with Crippen LogP contribution in [0.25, 0.3) is 0 Å². The Balaban J connectivity index is 0.00000480. The lowest BCUT2D eigenvalue weighted by Gasteiger charge is -2.15. The highest BCUT2D eigenvalue weighted by atomic mass is 127. The molecule has 31 heavy (non-hydrogen) atoms. The molecular weight excluding hydrogens is 528 g/mol. The highest BCUT2D eigenvalue weighted by Gasteiger charge is 2.31. The normalized spacial score (nSPS) is 11.2. The summed E-state index contributed by atoms with van der Waals surface area (Å²) in [5.74, 6) is 0.179. The number of benzene rings is 2. The van der Waals surface area contributed by atoms with Crippen molar-refractivity contribution >= 4 is 41.7 Å². The lowest BCUT2D eigenvalue weighted by molar-refractivity contribution is -0.274. The van der Waals surface area contributed by atoms with Gasteiger partial charge in [0, 0.05) is 24.3 Å². The summed E-state index contributed by atoms with van der Waals surface area (Å²) in [6, 6.07) is 12.9. The molecule has 11 heteroatoms. The number of para-hydroxylation sites is 1. The second kappa shape index (κ2) is 12.9. The van der Waals surface area contributed by atoms with Crippen LogP contribution in [-0.4, -0.2) is 32.1 Å². The summed E-state index contributed by atoms with van der Waals surface area (Å²) in [5.41, 5.74) is 1.81. The van der Waals surface area contributed by atoms with Gasteiger partial charge in [-0.15, -0.1) is 37.1 Å². The molecule has 0 atom stereocenters. The van der Waals surface area contributed by atoms with Crippen molar-refractivity contribution in [2.45, 2.75) is 26.4 Å². The fourth-order valence-electron chi connectivity index (χ4n) is 2.43. The van der Waals surface area contributed by atoms with E-state index in [1.807, 2.05) is 6.92 Å². The number of rotatable bonds is 7. The van der Waals surface area contributed by atoms with Crippen molar-refractivity contribution in [2.24, 2.45) is 4.99 Å². The Morgan fingerprint density at radius 3 is 2.35 bits per heavy atom. The Labute approximate surface area is 195 Å². The number of amides is 1. The monoisotopic (exact) mass is 552 g/mol. The summed E-state index contributed by atoms with van der Waals surface area (Å²) in [6.45, 7) is 2.88. The van der Waals surface area contributed by atoms with E-state index in [2.05, 4.69) is 30.4 Å². The minimum absolute atomic E-state index is 0. The molecule has 0 unspecified atom stereocenters. The average molecular weight is 552 g/mol. The fraction of sp³-hybridized carbons (Fsp3) is 0.300. The summed E-state index contributed by atoms with van der Waals surface area (Å²) < 4.78 is 46.3. The van der Waals surface area contributed by atoms with E-state index in [9.17, 15) is 18.0 Å². The molecular formula is C20H24F3IN4O3. The van der Waals surface area contributed by atoms with Crippen LogP contribution in [0, 0.1) is 0 Å². The summed E-state index contributed by atoms with van der Waals surface area (Å²) in [5, 5.41) is 8.58. The van der Waals surface area contributed by atoms with Gasteiger partial charge in [-0.3, -0.25) is 5.32 Å². The number of methoxy groups -OCH3 is 1. The van der Waals surface area contributed by atoms with Crippen LogP contribution < -0.4 is 20.7 Å². The van der Waals surface area contributed by atoms with Crippen molar-refractivity contribution in [3.05, 3.63) is 59.7 Å². The maximum absolute atomic E-state index is 12.6. The Morgan fingerprint density at radius 1 is 1.06 bits per heavy atom. The maximum atomic E-state index is 12.6. The Hall–Kier alpha value is -2.70. The van der Waals surface area contributed by atoms with Gasteiger partial charge in [0.2, 0.25) is 0 Å².